The molecule has 0 aliphatic carbocycles. The van der Waals surface area contributed by atoms with Gasteiger partial charge in [0.15, 0.2) is 8.07 Å². The van der Waals surface area contributed by atoms with E-state index in [0.29, 0.717) is 0 Å². The number of hydrogen-bond acceptors (Lipinski definition) is 2. The van der Waals surface area contributed by atoms with Gasteiger partial charge in [-0.25, -0.2) is 0 Å². The summed E-state index contributed by atoms with van der Waals surface area (Å²) in [5.74, 6) is 3.47. The van der Waals surface area contributed by atoms with Gasteiger partial charge in [-0.3, -0.25) is 0 Å². The summed E-state index contributed by atoms with van der Waals surface area (Å²) in [6.45, 7) is -0.0790. The third-order valence-electron chi connectivity index (χ3n) is 13.0. The molecule has 4 aliphatic rings. The van der Waals surface area contributed by atoms with E-state index < -0.39 is 8.07 Å². The molecule has 0 fully saturated rings. The number of nitrogens with zero attached hydrogens (tertiary/aromatic N) is 1. The molecule has 10 aromatic rings. The monoisotopic (exact) mass is 767 g/mol. The van der Waals surface area contributed by atoms with Crippen LogP contribution in [-0.2, 0) is 0 Å². The van der Waals surface area contributed by atoms with Crippen molar-refractivity contribution in [3.8, 4) is 50.9 Å². The maximum Gasteiger partial charge on any atom is 0.260 e. The Morgan fingerprint density at radius 2 is 1.00 bits per heavy atom. The molecule has 5 heterocycles. The van der Waals surface area contributed by atoms with E-state index in [1.54, 1.807) is 0 Å². The summed E-state index contributed by atoms with van der Waals surface area (Å²) in [5.41, 5.74) is 11.4. The minimum atomic E-state index is -3.06. The van der Waals surface area contributed by atoms with E-state index in [9.17, 15) is 0 Å². The number of benzene rings is 9. The standard InChI is InChI=1S/C54H34BNO2Si/c1-3-14-38(15-4-1)59(39-16-5-2-6-17-39)40-29-26-35(27-30-40)41-18-7-8-19-42(41)36-28-31-44-43-20-9-11-23-47(43)56(48(44)32-36)37-33-50-53-51(34-37)58-54-46(22-13-25-52(54)59)55(53)45-21-10-12-24-49(45)57-50/h1-34H. The second kappa shape index (κ2) is 12.3. The average molecular weight is 768 g/mol. The van der Waals surface area contributed by atoms with Crippen LogP contribution >= 0.6 is 0 Å². The summed E-state index contributed by atoms with van der Waals surface area (Å²) in [7, 11) is -3.06. The van der Waals surface area contributed by atoms with Gasteiger partial charge in [0.2, 0.25) is 0 Å². The fraction of sp³-hybridized carbons (Fsp3) is 0. The maximum atomic E-state index is 7.56. The Hall–Kier alpha value is -7.34. The maximum absolute atomic E-state index is 7.56. The number of ether oxygens (including phenoxy) is 2. The summed E-state index contributed by atoms with van der Waals surface area (Å²) in [5, 5.41) is 7.55. The van der Waals surface area contributed by atoms with Gasteiger partial charge in [0.25, 0.3) is 6.71 Å². The molecule has 0 amide bonds. The van der Waals surface area contributed by atoms with Crippen molar-refractivity contribution in [3.05, 3.63) is 206 Å². The van der Waals surface area contributed by atoms with Gasteiger partial charge in [-0.1, -0.05) is 176 Å². The summed E-state index contributed by atoms with van der Waals surface area (Å²) < 4.78 is 16.9. The molecule has 0 saturated carbocycles. The topological polar surface area (TPSA) is 23.4 Å². The lowest BCUT2D eigenvalue weighted by Crippen LogP contribution is -2.75. The molecule has 0 N–H and O–H groups in total. The molecule has 1 aromatic heterocycles. The summed E-state index contributed by atoms with van der Waals surface area (Å²) in [4.78, 5) is 0. The Labute approximate surface area is 343 Å². The number of rotatable bonds is 2. The van der Waals surface area contributed by atoms with Crippen LogP contribution in [0.5, 0.6) is 23.0 Å². The molecule has 0 saturated heterocycles. The van der Waals surface area contributed by atoms with Crippen LogP contribution in [0.15, 0.2) is 206 Å². The van der Waals surface area contributed by atoms with Gasteiger partial charge in [0, 0.05) is 28.4 Å². The Morgan fingerprint density at radius 3 is 1.78 bits per heavy atom. The molecule has 274 valence electrons. The Kier molecular flexibility index (Phi) is 6.84. The molecule has 0 atom stereocenters. The summed E-state index contributed by atoms with van der Waals surface area (Å²) in [6.07, 6.45) is 0. The molecular weight excluding hydrogens is 733 g/mol. The molecule has 0 spiro atoms. The first-order chi connectivity index (χ1) is 29.3. The van der Waals surface area contributed by atoms with Gasteiger partial charge in [-0.15, -0.1) is 0 Å². The normalized spacial score (nSPS) is 13.8. The first kappa shape index (κ1) is 32.7. The van der Waals surface area contributed by atoms with Crippen molar-refractivity contribution >= 4 is 73.7 Å². The zero-order valence-electron chi connectivity index (χ0n) is 32.0. The van der Waals surface area contributed by atoms with E-state index >= 15 is 0 Å². The third-order valence-corrected chi connectivity index (χ3v) is 17.8. The number of para-hydroxylation sites is 3. The van der Waals surface area contributed by atoms with Crippen LogP contribution in [0, 0.1) is 0 Å². The Morgan fingerprint density at radius 1 is 0.407 bits per heavy atom. The van der Waals surface area contributed by atoms with Gasteiger partial charge in [0.05, 0.1) is 16.7 Å². The van der Waals surface area contributed by atoms with E-state index in [4.69, 9.17) is 9.47 Å². The molecule has 4 aliphatic heterocycles. The predicted octanol–water partition coefficient (Wildman–Crippen LogP) is 8.54. The van der Waals surface area contributed by atoms with Gasteiger partial charge in [-0.05, 0) is 72.1 Å². The molecule has 3 nitrogen and oxygen atoms in total. The van der Waals surface area contributed by atoms with E-state index in [1.165, 1.54) is 53.8 Å². The lowest BCUT2D eigenvalue weighted by atomic mass is 9.35. The van der Waals surface area contributed by atoms with E-state index in [0.717, 1.165) is 56.1 Å². The molecule has 9 aromatic carbocycles. The largest absolute Gasteiger partial charge is 0.458 e. The second-order valence-corrected chi connectivity index (χ2v) is 19.7. The fourth-order valence-electron chi connectivity index (χ4n) is 10.5. The van der Waals surface area contributed by atoms with Gasteiger partial charge < -0.3 is 14.0 Å². The van der Waals surface area contributed by atoms with Gasteiger partial charge in [0.1, 0.15) is 23.0 Å². The van der Waals surface area contributed by atoms with Gasteiger partial charge in [-0.2, -0.15) is 0 Å². The Balaban J connectivity index is 1.22. The quantitative estimate of drug-likeness (QED) is 0.165. The predicted molar refractivity (Wildman–Crippen MR) is 247 cm³/mol. The van der Waals surface area contributed by atoms with Crippen LogP contribution in [0.25, 0.3) is 49.7 Å². The molecule has 0 radical (unpaired) electrons. The highest BCUT2D eigenvalue weighted by atomic mass is 28.3. The average Bonchev–Trinajstić information content (AvgIpc) is 3.63. The lowest BCUT2D eigenvalue weighted by molar-refractivity contribution is 0.466. The van der Waals surface area contributed by atoms with Crippen LogP contribution in [0.4, 0.5) is 0 Å². The highest BCUT2D eigenvalue weighted by Crippen LogP contribution is 2.42. The molecule has 5 heteroatoms. The number of fused-ring (bicyclic) bond motifs is 7. The van der Waals surface area contributed by atoms with Crippen LogP contribution in [0.1, 0.15) is 0 Å². The van der Waals surface area contributed by atoms with Crippen molar-refractivity contribution in [1.29, 1.82) is 0 Å². The lowest BCUT2D eigenvalue weighted by Gasteiger charge is -2.39. The highest BCUT2D eigenvalue weighted by Gasteiger charge is 2.48. The minimum absolute atomic E-state index is 0.0790. The van der Waals surface area contributed by atoms with E-state index in [-0.39, 0.29) is 6.71 Å². The molecular formula is C54H34BNO2Si. The second-order valence-electron chi connectivity index (χ2n) is 15.9. The first-order valence-electron chi connectivity index (χ1n) is 20.4. The SMILES string of the molecule is c1ccc([Si]2(c3ccccc3)c3ccc(cc3)-c3ccccc3-c3ccc4c5ccccc5n(c4c3)-c3cc4c5c(c3)Oc3c(cccc32)B5c2ccccc2O4)cc1. The molecule has 14 rings (SSSR count). The van der Waals surface area contributed by atoms with E-state index in [1.807, 2.05) is 0 Å². The summed E-state index contributed by atoms with van der Waals surface area (Å²) in [6, 6.07) is 76.2. The van der Waals surface area contributed by atoms with Crippen molar-refractivity contribution in [2.45, 2.75) is 0 Å². The molecule has 7 bridgehead atoms. The minimum Gasteiger partial charge on any atom is -0.458 e. The van der Waals surface area contributed by atoms with Crippen molar-refractivity contribution in [2.75, 3.05) is 0 Å². The Bertz CT molecular complexity index is 3300. The van der Waals surface area contributed by atoms with Gasteiger partial charge >= 0.3 is 0 Å². The van der Waals surface area contributed by atoms with Crippen LogP contribution in [-0.4, -0.2) is 19.4 Å². The first-order valence-corrected chi connectivity index (χ1v) is 22.4. The van der Waals surface area contributed by atoms with Crippen molar-refractivity contribution in [3.63, 3.8) is 0 Å². The van der Waals surface area contributed by atoms with Crippen molar-refractivity contribution in [1.82, 2.24) is 4.57 Å². The van der Waals surface area contributed by atoms with Crippen molar-refractivity contribution < 1.29 is 9.47 Å². The van der Waals surface area contributed by atoms with E-state index in [2.05, 4.69) is 211 Å². The highest BCUT2D eigenvalue weighted by molar-refractivity contribution is 7.20. The number of aromatic nitrogens is 1. The van der Waals surface area contributed by atoms with Crippen LogP contribution in [0.3, 0.4) is 0 Å². The smallest absolute Gasteiger partial charge is 0.260 e. The third kappa shape index (κ3) is 4.53. The molecule has 59 heavy (non-hydrogen) atoms. The van der Waals surface area contributed by atoms with Crippen molar-refractivity contribution in [2.24, 2.45) is 0 Å². The molecule has 0 unspecified atom stereocenters. The van der Waals surface area contributed by atoms with Crippen LogP contribution < -0.4 is 46.6 Å². The fourth-order valence-corrected chi connectivity index (χ4v) is 15.4. The number of hydrogen-bond donors (Lipinski definition) is 0. The zero-order chi connectivity index (χ0) is 38.7. The summed E-state index contributed by atoms with van der Waals surface area (Å²) >= 11 is 0. The van der Waals surface area contributed by atoms with Crippen LogP contribution in [0.2, 0.25) is 0 Å². The zero-order valence-corrected chi connectivity index (χ0v) is 33.0.